The zero-order chi connectivity index (χ0) is 18.4. The molecule has 0 aromatic heterocycles. The first-order valence-corrected chi connectivity index (χ1v) is 8.56. The van der Waals surface area contributed by atoms with E-state index in [2.05, 4.69) is 22.0 Å². The molecule has 0 amide bonds. The van der Waals surface area contributed by atoms with Crippen LogP contribution in [0.3, 0.4) is 0 Å². The van der Waals surface area contributed by atoms with E-state index in [0.717, 1.165) is 22.2 Å². The lowest BCUT2D eigenvalue weighted by Gasteiger charge is -2.14. The third-order valence-corrected chi connectivity index (χ3v) is 4.28. The van der Waals surface area contributed by atoms with Gasteiger partial charge in [-0.25, -0.2) is 0 Å². The number of non-ortho nitro benzene ring substituents is 1. The lowest BCUT2D eigenvalue weighted by Crippen LogP contribution is -2.09. The molecule has 0 fully saturated rings. The maximum atomic E-state index is 10.9. The molecule has 2 aromatic carbocycles. The highest BCUT2D eigenvalue weighted by atomic mass is 79.9. The second-order valence-electron chi connectivity index (χ2n) is 5.50. The molecule has 0 unspecified atom stereocenters. The first kappa shape index (κ1) is 18.7. The van der Waals surface area contributed by atoms with E-state index in [1.54, 1.807) is 18.2 Å². The highest BCUT2D eigenvalue weighted by Crippen LogP contribution is 2.29. The number of nitro groups is 1. The summed E-state index contributed by atoms with van der Waals surface area (Å²) in [5.74, 6) is 0.736. The summed E-state index contributed by atoms with van der Waals surface area (Å²) in [6, 6.07) is 13.7. The van der Waals surface area contributed by atoms with Crippen LogP contribution in [0.1, 0.15) is 31.4 Å². The molecule has 0 heterocycles. The average Bonchev–Trinajstić information content (AvgIpc) is 2.61. The van der Waals surface area contributed by atoms with Crippen LogP contribution in [0.5, 0.6) is 5.75 Å². The quantitative estimate of drug-likeness (QED) is 0.273. The Hall–Kier alpha value is -2.65. The number of nitro benzene ring substituents is 1. The van der Waals surface area contributed by atoms with E-state index in [9.17, 15) is 15.4 Å². The van der Waals surface area contributed by atoms with Crippen LogP contribution >= 0.6 is 15.9 Å². The van der Waals surface area contributed by atoms with E-state index < -0.39 is 4.92 Å². The Morgan fingerprint density at radius 2 is 2.16 bits per heavy atom. The van der Waals surface area contributed by atoms with Gasteiger partial charge in [0, 0.05) is 12.1 Å². The monoisotopic (exact) mass is 400 g/mol. The lowest BCUT2D eigenvalue weighted by molar-refractivity contribution is -0.384. The van der Waals surface area contributed by atoms with Crippen LogP contribution in [-0.4, -0.2) is 11.0 Å². The van der Waals surface area contributed by atoms with Gasteiger partial charge >= 0.3 is 0 Å². The number of allylic oxidation sites excluding steroid dienone is 1. The molecule has 0 bridgehead atoms. The smallest absolute Gasteiger partial charge is 0.270 e. The van der Waals surface area contributed by atoms with Crippen molar-refractivity contribution in [3.63, 3.8) is 0 Å². The Kier molecular flexibility index (Phi) is 6.31. The number of halogens is 1. The van der Waals surface area contributed by atoms with Gasteiger partial charge in [0.25, 0.3) is 5.69 Å². The molecule has 0 aliphatic heterocycles. The van der Waals surface area contributed by atoms with Gasteiger partial charge in [0.1, 0.15) is 5.75 Å². The maximum Gasteiger partial charge on any atom is 0.270 e. The molecular formula is C19H17BrN2O3. The zero-order valence-corrected chi connectivity index (χ0v) is 15.5. The van der Waals surface area contributed by atoms with E-state index in [-0.39, 0.29) is 11.8 Å². The lowest BCUT2D eigenvalue weighted by atomic mass is 10.0. The summed E-state index contributed by atoms with van der Waals surface area (Å²) in [5.41, 5.74) is 1.61. The van der Waals surface area contributed by atoms with Crippen molar-refractivity contribution in [2.45, 2.75) is 26.4 Å². The summed E-state index contributed by atoms with van der Waals surface area (Å²) in [7, 11) is 0. The van der Waals surface area contributed by atoms with Gasteiger partial charge in [-0.05, 0) is 58.6 Å². The van der Waals surface area contributed by atoms with Crippen molar-refractivity contribution < 1.29 is 9.66 Å². The predicted octanol–water partition coefficient (Wildman–Crippen LogP) is 5.60. The fourth-order valence-electron chi connectivity index (χ4n) is 2.14. The molecule has 0 N–H and O–H groups in total. The Balaban J connectivity index is 2.34. The standard InChI is InChI=1S/C19H17BrN2O3/c1-3-13(2)25-19-8-7-14(10-18(19)20)9-16(12-21)15-5-4-6-17(11-15)22(23)24/h4-11,13H,3H2,1-2H3/b16-9-/t13-/m0/s1. The molecule has 0 aliphatic rings. The van der Waals surface area contributed by atoms with Crippen molar-refractivity contribution in [2.24, 2.45) is 0 Å². The van der Waals surface area contributed by atoms with Crippen LogP contribution in [0.15, 0.2) is 46.9 Å². The van der Waals surface area contributed by atoms with Crippen LogP contribution in [0, 0.1) is 21.4 Å². The Bertz CT molecular complexity index is 856. The number of rotatable bonds is 6. The van der Waals surface area contributed by atoms with Crippen molar-refractivity contribution >= 4 is 33.3 Å². The number of hydrogen-bond donors (Lipinski definition) is 0. The Morgan fingerprint density at radius 3 is 2.76 bits per heavy atom. The average molecular weight is 401 g/mol. The number of hydrogen-bond acceptors (Lipinski definition) is 4. The highest BCUT2D eigenvalue weighted by molar-refractivity contribution is 9.10. The van der Waals surface area contributed by atoms with Crippen LogP contribution in [0.4, 0.5) is 5.69 Å². The predicted molar refractivity (Wildman–Crippen MR) is 101 cm³/mol. The van der Waals surface area contributed by atoms with Crippen molar-refractivity contribution in [1.29, 1.82) is 5.26 Å². The summed E-state index contributed by atoms with van der Waals surface area (Å²) in [6.07, 6.45) is 2.70. The first-order chi connectivity index (χ1) is 11.9. The van der Waals surface area contributed by atoms with Gasteiger partial charge in [0.15, 0.2) is 0 Å². The van der Waals surface area contributed by atoms with E-state index in [4.69, 9.17) is 4.74 Å². The largest absolute Gasteiger partial charge is 0.490 e. The normalized spacial score (nSPS) is 12.3. The van der Waals surface area contributed by atoms with Gasteiger partial charge < -0.3 is 4.74 Å². The minimum absolute atomic E-state index is 0.0443. The molecule has 0 saturated heterocycles. The summed E-state index contributed by atoms with van der Waals surface area (Å²) < 4.78 is 6.59. The zero-order valence-electron chi connectivity index (χ0n) is 13.9. The number of nitrogens with zero attached hydrogens (tertiary/aromatic N) is 2. The molecule has 0 saturated carbocycles. The van der Waals surface area contributed by atoms with Gasteiger partial charge in [-0.2, -0.15) is 5.26 Å². The van der Waals surface area contributed by atoms with E-state index >= 15 is 0 Å². The topological polar surface area (TPSA) is 76.2 Å². The molecule has 25 heavy (non-hydrogen) atoms. The van der Waals surface area contributed by atoms with Gasteiger partial charge in [-0.3, -0.25) is 10.1 Å². The minimum atomic E-state index is -0.476. The summed E-state index contributed by atoms with van der Waals surface area (Å²) in [5, 5.41) is 20.3. The summed E-state index contributed by atoms with van der Waals surface area (Å²) in [4.78, 5) is 10.4. The fourth-order valence-corrected chi connectivity index (χ4v) is 2.63. The number of ether oxygens (including phenoxy) is 1. The molecule has 0 radical (unpaired) electrons. The molecule has 2 aromatic rings. The highest BCUT2D eigenvalue weighted by Gasteiger charge is 2.10. The molecule has 2 rings (SSSR count). The van der Waals surface area contributed by atoms with Gasteiger partial charge in [-0.1, -0.05) is 25.1 Å². The third-order valence-electron chi connectivity index (χ3n) is 3.66. The SMILES string of the molecule is CC[C@H](C)Oc1ccc(/C=C(/C#N)c2cccc([N+](=O)[O-])c2)cc1Br. The Morgan fingerprint density at radius 1 is 1.40 bits per heavy atom. The molecule has 0 aliphatic carbocycles. The van der Waals surface area contributed by atoms with E-state index in [0.29, 0.717) is 11.1 Å². The van der Waals surface area contributed by atoms with Gasteiger partial charge in [0.05, 0.1) is 27.1 Å². The molecule has 128 valence electrons. The fraction of sp³-hybridized carbons (Fsp3) is 0.211. The van der Waals surface area contributed by atoms with Gasteiger partial charge in [0.2, 0.25) is 0 Å². The van der Waals surface area contributed by atoms with Crippen molar-refractivity contribution in [2.75, 3.05) is 0 Å². The summed E-state index contributed by atoms with van der Waals surface area (Å²) >= 11 is 3.48. The summed E-state index contributed by atoms with van der Waals surface area (Å²) in [6.45, 7) is 4.05. The molecule has 0 spiro atoms. The first-order valence-electron chi connectivity index (χ1n) is 7.77. The van der Waals surface area contributed by atoms with Gasteiger partial charge in [-0.15, -0.1) is 0 Å². The number of nitriles is 1. The van der Waals surface area contributed by atoms with Crippen molar-refractivity contribution in [3.8, 4) is 11.8 Å². The molecular weight excluding hydrogens is 384 g/mol. The second kappa shape index (κ2) is 8.45. The van der Waals surface area contributed by atoms with Crippen molar-refractivity contribution in [1.82, 2.24) is 0 Å². The van der Waals surface area contributed by atoms with Crippen molar-refractivity contribution in [3.05, 3.63) is 68.2 Å². The minimum Gasteiger partial charge on any atom is -0.490 e. The maximum absolute atomic E-state index is 10.9. The molecule has 1 atom stereocenters. The molecule has 6 heteroatoms. The van der Waals surface area contributed by atoms with E-state index in [1.165, 1.54) is 12.1 Å². The van der Waals surface area contributed by atoms with Crippen LogP contribution in [0.25, 0.3) is 11.6 Å². The third kappa shape index (κ3) is 4.91. The second-order valence-corrected chi connectivity index (χ2v) is 6.36. The van der Waals surface area contributed by atoms with Crippen LogP contribution in [0.2, 0.25) is 0 Å². The number of benzene rings is 2. The molecule has 5 nitrogen and oxygen atoms in total. The van der Waals surface area contributed by atoms with Crippen LogP contribution < -0.4 is 4.74 Å². The van der Waals surface area contributed by atoms with Crippen LogP contribution in [-0.2, 0) is 0 Å². The Labute approximate surface area is 154 Å². The van der Waals surface area contributed by atoms with E-state index in [1.807, 2.05) is 32.0 Å².